The van der Waals surface area contributed by atoms with Gasteiger partial charge in [0, 0.05) is 58.3 Å². The van der Waals surface area contributed by atoms with E-state index in [2.05, 4.69) is 16.6 Å². The molecule has 3 saturated heterocycles. The van der Waals surface area contributed by atoms with Crippen LogP contribution in [0.5, 0.6) is 0 Å². The Hall–Kier alpha value is -3.98. The molecule has 310 valence electrons. The normalized spacial score (nSPS) is 24.5. The van der Waals surface area contributed by atoms with Crippen LogP contribution >= 0.6 is 0 Å². The summed E-state index contributed by atoms with van der Waals surface area (Å²) in [4.78, 5) is 59.2. The maximum atomic E-state index is 15.1. The van der Waals surface area contributed by atoms with Gasteiger partial charge in [-0.1, -0.05) is 17.7 Å². The number of amides is 2. The van der Waals surface area contributed by atoms with Crippen molar-refractivity contribution in [3.8, 4) is 0 Å². The second-order valence-electron chi connectivity index (χ2n) is 18.3. The predicted octanol–water partition coefficient (Wildman–Crippen LogP) is 6.43. The monoisotopic (exact) mass is 781 g/mol. The molecule has 1 unspecified atom stereocenters. The molecule has 5 aliphatic rings. The highest BCUT2D eigenvalue weighted by Crippen LogP contribution is 2.52. The molecule has 0 bridgehead atoms. The van der Waals surface area contributed by atoms with Crippen molar-refractivity contribution in [2.45, 2.75) is 129 Å². The number of allylic oxidation sites excluding steroid dienone is 1. The zero-order valence-corrected chi connectivity index (χ0v) is 34.6. The molecule has 2 atom stereocenters. The average molecular weight is 782 g/mol. The lowest BCUT2D eigenvalue weighted by Crippen LogP contribution is -2.58. The number of aromatic nitrogens is 2. The summed E-state index contributed by atoms with van der Waals surface area (Å²) in [5.41, 5.74) is -1.95. The number of rotatable bonds is 9. The minimum Gasteiger partial charge on any atom is -0.444 e. The van der Waals surface area contributed by atoms with Crippen LogP contribution in [0.2, 0.25) is 0 Å². The number of ether oxygens (including phenoxy) is 4. The highest BCUT2D eigenvalue weighted by atomic mass is 16.7. The number of hydrogen-bond acceptors (Lipinski definition) is 13. The molecule has 6 rings (SSSR count). The molecule has 15 nitrogen and oxygen atoms in total. The molecule has 1 N–H and O–H groups in total. The Morgan fingerprint density at radius 1 is 0.893 bits per heavy atom. The van der Waals surface area contributed by atoms with Crippen molar-refractivity contribution >= 4 is 35.4 Å². The fourth-order valence-electron chi connectivity index (χ4n) is 8.79. The number of hydrogen-bond donors (Lipinski definition) is 1. The van der Waals surface area contributed by atoms with Crippen molar-refractivity contribution in [1.82, 2.24) is 19.8 Å². The Morgan fingerprint density at radius 3 is 2.20 bits per heavy atom. The average Bonchev–Trinajstić information content (AvgIpc) is 3.80. The number of carbonyl (C=O) groups is 3. The van der Waals surface area contributed by atoms with Gasteiger partial charge in [-0.25, -0.2) is 14.6 Å². The van der Waals surface area contributed by atoms with Gasteiger partial charge in [-0.05, 0) is 93.4 Å². The smallest absolute Gasteiger partial charge is 0.410 e. The van der Waals surface area contributed by atoms with Gasteiger partial charge in [0.05, 0.1) is 35.8 Å². The van der Waals surface area contributed by atoms with Gasteiger partial charge in [-0.2, -0.15) is 4.98 Å². The topological polar surface area (TPSA) is 159 Å². The highest BCUT2D eigenvalue weighted by molar-refractivity contribution is 6.13. The molecule has 0 aromatic carbocycles. The Morgan fingerprint density at radius 2 is 1.55 bits per heavy atom. The first-order valence-electron chi connectivity index (χ1n) is 20.5. The third-order valence-electron chi connectivity index (χ3n) is 11.8. The van der Waals surface area contributed by atoms with Gasteiger partial charge in [-0.3, -0.25) is 9.69 Å². The van der Waals surface area contributed by atoms with E-state index in [1.54, 1.807) is 17.0 Å². The standard InChI is InChI=1S/C41H63N7O8/c1-9-10-14-29(33(44-52)39(8)15-11-12-16-41(39)53-25-26-54-41)32(49)30-27-31(47-23-24-48(40(28-47)17-18-40)36(51)56-38(5,6)7)43-34(42-30)45-19-13-20-46(22-21-45)35(50)55-37(2,3)4/h9,27,29,52H,1,10-26,28H2,2-8H3/b44-33+/t29?,39-/m1/s1. The lowest BCUT2D eigenvalue weighted by molar-refractivity contribution is -0.229. The van der Waals surface area contributed by atoms with E-state index < -0.39 is 28.3 Å². The lowest BCUT2D eigenvalue weighted by atomic mass is 9.63. The Kier molecular flexibility index (Phi) is 12.0. The van der Waals surface area contributed by atoms with Crippen LogP contribution in [0.3, 0.4) is 0 Å². The van der Waals surface area contributed by atoms with E-state index in [-0.39, 0.29) is 29.2 Å². The van der Waals surface area contributed by atoms with Gasteiger partial charge >= 0.3 is 12.2 Å². The summed E-state index contributed by atoms with van der Waals surface area (Å²) < 4.78 is 24.1. The van der Waals surface area contributed by atoms with E-state index in [0.717, 1.165) is 25.7 Å². The van der Waals surface area contributed by atoms with E-state index in [0.29, 0.717) is 109 Å². The second kappa shape index (κ2) is 16.1. The fraction of sp³-hybridized carbons (Fsp3) is 0.756. The van der Waals surface area contributed by atoms with Crippen LogP contribution in [0.4, 0.5) is 21.4 Å². The van der Waals surface area contributed by atoms with E-state index in [4.69, 9.17) is 28.9 Å². The minimum atomic E-state index is -0.986. The zero-order valence-electron chi connectivity index (χ0n) is 34.6. The summed E-state index contributed by atoms with van der Waals surface area (Å²) in [5.74, 6) is -1.16. The number of ketones is 1. The molecule has 56 heavy (non-hydrogen) atoms. The molecule has 4 heterocycles. The SMILES string of the molecule is C=CCCC(C(=O)c1cc(N2CCN(C(=O)OC(C)(C)C)C3(CC3)C2)nc(N2CCCN(C(=O)OC(C)(C)C)CC2)n1)/C(=N\O)[C@@]1(C)CCCCC12OCCO2. The number of oxime groups is 1. The third-order valence-corrected chi connectivity index (χ3v) is 11.8. The van der Waals surface area contributed by atoms with Crippen molar-refractivity contribution in [3.63, 3.8) is 0 Å². The highest BCUT2D eigenvalue weighted by Gasteiger charge is 2.59. The van der Waals surface area contributed by atoms with Gasteiger partial charge in [0.25, 0.3) is 0 Å². The van der Waals surface area contributed by atoms with E-state index in [1.165, 1.54) is 0 Å². The van der Waals surface area contributed by atoms with Gasteiger partial charge in [0.15, 0.2) is 11.6 Å². The molecule has 1 aromatic rings. The molecule has 0 radical (unpaired) electrons. The third kappa shape index (κ3) is 8.78. The molecular formula is C41H63N7O8. The summed E-state index contributed by atoms with van der Waals surface area (Å²) in [5, 5.41) is 14.7. The molecule has 2 amide bonds. The lowest BCUT2D eigenvalue weighted by Gasteiger charge is -2.49. The van der Waals surface area contributed by atoms with E-state index >= 15 is 4.79 Å². The number of nitrogens with zero attached hydrogens (tertiary/aromatic N) is 7. The molecule has 2 aliphatic carbocycles. The summed E-state index contributed by atoms with van der Waals surface area (Å²) in [7, 11) is 0. The van der Waals surface area contributed by atoms with Crippen LogP contribution in [-0.4, -0.2) is 130 Å². The summed E-state index contributed by atoms with van der Waals surface area (Å²) in [6.07, 6.45) is 7.31. The quantitative estimate of drug-likeness (QED) is 0.0964. The molecule has 15 heteroatoms. The number of piperazine rings is 1. The molecule has 2 saturated carbocycles. The van der Waals surface area contributed by atoms with Crippen LogP contribution in [0.1, 0.15) is 117 Å². The first kappa shape index (κ1) is 41.6. The Labute approximate surface area is 331 Å². The van der Waals surface area contributed by atoms with Crippen LogP contribution in [0.15, 0.2) is 23.9 Å². The van der Waals surface area contributed by atoms with Crippen LogP contribution in [0, 0.1) is 11.3 Å². The fourth-order valence-corrected chi connectivity index (χ4v) is 8.79. The maximum absolute atomic E-state index is 15.1. The first-order valence-corrected chi connectivity index (χ1v) is 20.5. The van der Waals surface area contributed by atoms with E-state index in [1.807, 2.05) is 58.3 Å². The molecule has 5 fully saturated rings. The minimum absolute atomic E-state index is 0.203. The van der Waals surface area contributed by atoms with Gasteiger partial charge in [-0.15, -0.1) is 6.58 Å². The van der Waals surface area contributed by atoms with Crippen molar-refractivity contribution in [3.05, 3.63) is 24.4 Å². The zero-order chi connectivity index (χ0) is 40.5. The predicted molar refractivity (Wildman–Crippen MR) is 211 cm³/mol. The maximum Gasteiger partial charge on any atom is 0.410 e. The molecule has 3 aliphatic heterocycles. The van der Waals surface area contributed by atoms with Crippen LogP contribution < -0.4 is 9.80 Å². The van der Waals surface area contributed by atoms with Crippen molar-refractivity contribution in [2.24, 2.45) is 16.5 Å². The molecule has 1 aromatic heterocycles. The van der Waals surface area contributed by atoms with Crippen LogP contribution in [0.25, 0.3) is 0 Å². The van der Waals surface area contributed by atoms with Crippen LogP contribution in [-0.2, 0) is 18.9 Å². The first-order chi connectivity index (χ1) is 26.4. The van der Waals surface area contributed by atoms with Crippen molar-refractivity contribution in [1.29, 1.82) is 0 Å². The van der Waals surface area contributed by atoms with E-state index in [9.17, 15) is 14.8 Å². The second-order valence-corrected chi connectivity index (χ2v) is 18.3. The number of Topliss-reactive ketones (excluding diaryl/α,β-unsaturated/α-hetero) is 1. The summed E-state index contributed by atoms with van der Waals surface area (Å²) in [6.45, 7) is 21.3. The molecule has 2 spiro atoms. The summed E-state index contributed by atoms with van der Waals surface area (Å²) >= 11 is 0. The van der Waals surface area contributed by atoms with Gasteiger partial charge in [0.2, 0.25) is 5.95 Å². The summed E-state index contributed by atoms with van der Waals surface area (Å²) in [6, 6.07) is 1.74. The van der Waals surface area contributed by atoms with Crippen molar-refractivity contribution in [2.75, 3.05) is 68.8 Å². The van der Waals surface area contributed by atoms with Gasteiger partial charge in [0.1, 0.15) is 22.7 Å². The van der Waals surface area contributed by atoms with Crippen molar-refractivity contribution < 1.29 is 38.5 Å². The number of anilines is 2. The Balaban J connectivity index is 1.35. The number of carbonyl (C=O) groups excluding carboxylic acids is 3. The molecular weight excluding hydrogens is 718 g/mol. The Bertz CT molecular complexity index is 1660. The van der Waals surface area contributed by atoms with Gasteiger partial charge < -0.3 is 38.9 Å². The largest absolute Gasteiger partial charge is 0.444 e.